The molecule has 0 aliphatic carbocycles. The molecule has 3 nitrogen and oxygen atoms in total. The Kier molecular flexibility index (Phi) is 2.30. The van der Waals surface area contributed by atoms with E-state index in [1.165, 1.54) is 4.90 Å². The average molecular weight is 223 g/mol. The molecule has 2 rings (SSSR count). The molecule has 1 aliphatic heterocycles. The number of hydrogen-bond acceptors (Lipinski definition) is 3. The average Bonchev–Trinajstić information content (AvgIpc) is 2.12. The summed E-state index contributed by atoms with van der Waals surface area (Å²) < 4.78 is 25.5. The molecule has 0 radical (unpaired) electrons. The van der Waals surface area contributed by atoms with Crippen molar-refractivity contribution in [2.45, 2.75) is 19.8 Å². The third-order valence-electron chi connectivity index (χ3n) is 2.58. The second-order valence-corrected chi connectivity index (χ2v) is 4.10. The predicted molar refractivity (Wildman–Crippen MR) is 55.6 cm³/mol. The first-order valence-electron chi connectivity index (χ1n) is 4.94. The topological polar surface area (TPSA) is 39.9 Å². The second-order valence-electron chi connectivity index (χ2n) is 4.10. The summed E-state index contributed by atoms with van der Waals surface area (Å²) in [6.45, 7) is 2.87. The van der Waals surface area contributed by atoms with Crippen LogP contribution in [0.3, 0.4) is 0 Å². The lowest BCUT2D eigenvalue weighted by Gasteiger charge is -2.40. The van der Waals surface area contributed by atoms with Gasteiger partial charge in [-0.25, -0.2) is 13.8 Å². The Balaban J connectivity index is 2.38. The maximum Gasteiger partial charge on any atom is 0.282 e. The summed E-state index contributed by atoms with van der Waals surface area (Å²) in [6, 6.07) is 3.80. The van der Waals surface area contributed by atoms with Crippen molar-refractivity contribution < 1.29 is 8.78 Å². The van der Waals surface area contributed by atoms with E-state index in [1.54, 1.807) is 19.9 Å². The second kappa shape index (κ2) is 3.41. The number of aromatic nitrogens is 1. The molecule has 0 aromatic carbocycles. The number of nitrogens with zero attached hydrogens (tertiary/aromatic N) is 3. The smallest absolute Gasteiger partial charge is 0.282 e. The fraction of sp³-hybridized carbons (Fsp3) is 0.455. The van der Waals surface area contributed by atoms with Crippen molar-refractivity contribution >= 4 is 5.82 Å². The highest BCUT2D eigenvalue weighted by molar-refractivity contribution is 5.59. The molecule has 16 heavy (non-hydrogen) atoms. The van der Waals surface area contributed by atoms with Crippen LogP contribution in [0.4, 0.5) is 14.6 Å². The molecule has 1 aromatic heterocycles. The number of alkyl halides is 2. The van der Waals surface area contributed by atoms with Crippen molar-refractivity contribution in [1.29, 1.82) is 5.26 Å². The number of nitriles is 1. The zero-order valence-electron chi connectivity index (χ0n) is 9.09. The fourth-order valence-corrected chi connectivity index (χ4v) is 1.85. The van der Waals surface area contributed by atoms with Gasteiger partial charge in [0.15, 0.2) is 0 Å². The summed E-state index contributed by atoms with van der Waals surface area (Å²) in [5.74, 6) is -2.27. The third kappa shape index (κ3) is 1.71. The zero-order chi connectivity index (χ0) is 11.9. The highest BCUT2D eigenvalue weighted by atomic mass is 19.3. The van der Waals surface area contributed by atoms with Gasteiger partial charge in [-0.2, -0.15) is 5.26 Å². The van der Waals surface area contributed by atoms with E-state index in [4.69, 9.17) is 5.26 Å². The number of hydrogen-bond donors (Lipinski definition) is 0. The molecular weight excluding hydrogens is 212 g/mol. The maximum absolute atomic E-state index is 12.8. The lowest BCUT2D eigenvalue weighted by atomic mass is 10.1. The minimum absolute atomic E-state index is 0.350. The van der Waals surface area contributed by atoms with Gasteiger partial charge in [-0.3, -0.25) is 0 Å². The van der Waals surface area contributed by atoms with Crippen LogP contribution < -0.4 is 4.90 Å². The molecule has 1 aliphatic rings. The Labute approximate surface area is 92.3 Å². The maximum atomic E-state index is 12.8. The van der Waals surface area contributed by atoms with Crippen LogP contribution in [0.5, 0.6) is 0 Å². The van der Waals surface area contributed by atoms with Crippen molar-refractivity contribution in [1.82, 2.24) is 4.98 Å². The van der Waals surface area contributed by atoms with Gasteiger partial charge in [-0.1, -0.05) is 0 Å². The van der Waals surface area contributed by atoms with Gasteiger partial charge in [-0.15, -0.1) is 0 Å². The molecule has 0 spiro atoms. The summed E-state index contributed by atoms with van der Waals surface area (Å²) >= 11 is 0. The van der Waals surface area contributed by atoms with Crippen LogP contribution in [0.25, 0.3) is 0 Å². The first-order chi connectivity index (χ1) is 7.43. The monoisotopic (exact) mass is 223 g/mol. The van der Waals surface area contributed by atoms with Gasteiger partial charge in [0.2, 0.25) is 0 Å². The van der Waals surface area contributed by atoms with E-state index in [2.05, 4.69) is 4.98 Å². The molecule has 0 saturated carbocycles. The van der Waals surface area contributed by atoms with Gasteiger partial charge in [0.25, 0.3) is 5.92 Å². The van der Waals surface area contributed by atoms with Crippen LogP contribution in [-0.2, 0) is 0 Å². The quantitative estimate of drug-likeness (QED) is 0.731. The molecule has 1 fully saturated rings. The Morgan fingerprint density at radius 2 is 2.06 bits per heavy atom. The zero-order valence-corrected chi connectivity index (χ0v) is 9.09. The first kappa shape index (κ1) is 10.8. The summed E-state index contributed by atoms with van der Waals surface area (Å²) in [6.07, 6.45) is 0. The first-order valence-corrected chi connectivity index (χ1v) is 4.94. The molecule has 1 aromatic rings. The van der Waals surface area contributed by atoms with E-state index < -0.39 is 5.92 Å². The van der Waals surface area contributed by atoms with Crippen molar-refractivity contribution in [3.63, 3.8) is 0 Å². The Morgan fingerprint density at radius 1 is 1.44 bits per heavy atom. The predicted octanol–water partition coefficient (Wildman–Crippen LogP) is 2.03. The molecule has 2 heterocycles. The summed E-state index contributed by atoms with van der Waals surface area (Å²) in [5.41, 5.74) is 1.91. The van der Waals surface area contributed by atoms with Gasteiger partial charge < -0.3 is 4.90 Å². The Morgan fingerprint density at radius 3 is 2.56 bits per heavy atom. The van der Waals surface area contributed by atoms with Crippen LogP contribution in [0.15, 0.2) is 6.07 Å². The van der Waals surface area contributed by atoms with E-state index in [0.29, 0.717) is 11.4 Å². The van der Waals surface area contributed by atoms with Gasteiger partial charge in [-0.05, 0) is 25.5 Å². The summed E-state index contributed by atoms with van der Waals surface area (Å²) in [4.78, 5) is 5.61. The normalized spacial score (nSPS) is 17.8. The largest absolute Gasteiger partial charge is 0.343 e. The van der Waals surface area contributed by atoms with E-state index in [9.17, 15) is 8.78 Å². The number of anilines is 1. The molecule has 0 unspecified atom stereocenters. The van der Waals surface area contributed by atoms with Crippen LogP contribution in [0.1, 0.15) is 16.8 Å². The number of halogens is 2. The fourth-order valence-electron chi connectivity index (χ4n) is 1.85. The Hall–Kier alpha value is -1.70. The number of aryl methyl sites for hydroxylation is 2. The van der Waals surface area contributed by atoms with Gasteiger partial charge in [0.1, 0.15) is 11.9 Å². The van der Waals surface area contributed by atoms with Crippen molar-refractivity contribution in [2.75, 3.05) is 18.0 Å². The highest BCUT2D eigenvalue weighted by Gasteiger charge is 2.45. The van der Waals surface area contributed by atoms with Crippen molar-refractivity contribution in [3.8, 4) is 6.07 Å². The number of rotatable bonds is 1. The van der Waals surface area contributed by atoms with Crippen molar-refractivity contribution in [3.05, 3.63) is 22.9 Å². The molecule has 0 bridgehead atoms. The van der Waals surface area contributed by atoms with Crippen molar-refractivity contribution in [2.24, 2.45) is 0 Å². The minimum Gasteiger partial charge on any atom is -0.343 e. The van der Waals surface area contributed by atoms with E-state index in [1.807, 2.05) is 6.07 Å². The SMILES string of the molecule is Cc1cc(C)c(C#N)c(N2CC(F)(F)C2)n1. The molecule has 5 heteroatoms. The van der Waals surface area contributed by atoms with Crippen LogP contribution >= 0.6 is 0 Å². The van der Waals surface area contributed by atoms with E-state index in [-0.39, 0.29) is 13.1 Å². The standard InChI is InChI=1S/C11H11F2N3/c1-7-3-8(2)15-10(9(7)4-14)16-5-11(12,13)6-16/h3H,5-6H2,1-2H3. The third-order valence-corrected chi connectivity index (χ3v) is 2.58. The summed E-state index contributed by atoms with van der Waals surface area (Å²) in [7, 11) is 0. The molecule has 1 saturated heterocycles. The lowest BCUT2D eigenvalue weighted by molar-refractivity contribution is -0.0267. The lowest BCUT2D eigenvalue weighted by Crippen LogP contribution is -2.57. The van der Waals surface area contributed by atoms with Crippen LogP contribution in [-0.4, -0.2) is 24.0 Å². The number of pyridine rings is 1. The summed E-state index contributed by atoms with van der Waals surface area (Å²) in [5, 5.41) is 8.98. The van der Waals surface area contributed by atoms with Gasteiger partial charge >= 0.3 is 0 Å². The minimum atomic E-state index is -2.65. The molecule has 0 N–H and O–H groups in total. The van der Waals surface area contributed by atoms with Gasteiger partial charge in [0.05, 0.1) is 18.7 Å². The van der Waals surface area contributed by atoms with E-state index >= 15 is 0 Å². The van der Waals surface area contributed by atoms with Crippen LogP contribution in [0, 0.1) is 25.2 Å². The molecule has 84 valence electrons. The molecule has 0 amide bonds. The molecule has 0 atom stereocenters. The Bertz CT molecular complexity index is 469. The van der Waals surface area contributed by atoms with Gasteiger partial charge in [0, 0.05) is 5.69 Å². The molecular formula is C11H11F2N3. The highest BCUT2D eigenvalue weighted by Crippen LogP contribution is 2.33. The van der Waals surface area contributed by atoms with E-state index in [0.717, 1.165) is 11.3 Å². The van der Waals surface area contributed by atoms with Crippen LogP contribution in [0.2, 0.25) is 0 Å².